The van der Waals surface area contributed by atoms with Gasteiger partial charge in [0.1, 0.15) is 5.54 Å². The van der Waals surface area contributed by atoms with Crippen molar-refractivity contribution in [1.29, 1.82) is 0 Å². The summed E-state index contributed by atoms with van der Waals surface area (Å²) in [5, 5.41) is 14.2. The van der Waals surface area contributed by atoms with Gasteiger partial charge in [0.25, 0.3) is 0 Å². The maximum Gasteiger partial charge on any atom is 0.328 e. The normalized spacial score (nSPS) is 10.9. The van der Waals surface area contributed by atoms with Gasteiger partial charge in [-0.25, -0.2) is 9.59 Å². The number of halogens is 1. The minimum atomic E-state index is -1.35. The number of aliphatic carboxylic acids is 1. The molecule has 18 heavy (non-hydrogen) atoms. The van der Waals surface area contributed by atoms with E-state index in [0.29, 0.717) is 10.7 Å². The van der Waals surface area contributed by atoms with E-state index < -0.39 is 17.5 Å². The summed E-state index contributed by atoms with van der Waals surface area (Å²) in [6, 6.07) is 4.59. The van der Waals surface area contributed by atoms with Gasteiger partial charge in [0, 0.05) is 0 Å². The van der Waals surface area contributed by atoms with Crippen molar-refractivity contribution in [3.8, 4) is 0 Å². The first-order valence-corrected chi connectivity index (χ1v) is 5.69. The highest BCUT2D eigenvalue weighted by Crippen LogP contribution is 2.24. The standard InChI is InChI=1S/C12H15ClN2O3/c1-7-5-4-6-8(9(7)13)14-11(18)15-12(2,3)10(16)17/h4-6H,1-3H3,(H,16,17)(H2,14,15,18). The van der Waals surface area contributed by atoms with Gasteiger partial charge in [0.05, 0.1) is 10.7 Å². The molecule has 0 unspecified atom stereocenters. The number of urea groups is 1. The molecule has 1 rings (SSSR count). The minimum Gasteiger partial charge on any atom is -0.480 e. The van der Waals surface area contributed by atoms with Gasteiger partial charge in [0.2, 0.25) is 0 Å². The van der Waals surface area contributed by atoms with Gasteiger partial charge in [0.15, 0.2) is 0 Å². The SMILES string of the molecule is Cc1cccc(NC(=O)NC(C)(C)C(=O)O)c1Cl. The Morgan fingerprint density at radius 3 is 2.50 bits per heavy atom. The van der Waals surface area contributed by atoms with Crippen LogP contribution in [0.2, 0.25) is 5.02 Å². The third-order valence-electron chi connectivity index (χ3n) is 2.40. The third kappa shape index (κ3) is 3.37. The largest absolute Gasteiger partial charge is 0.480 e. The Kier molecular flexibility index (Phi) is 4.19. The zero-order valence-corrected chi connectivity index (χ0v) is 11.1. The van der Waals surface area contributed by atoms with E-state index in [1.165, 1.54) is 13.8 Å². The zero-order chi connectivity index (χ0) is 13.9. The van der Waals surface area contributed by atoms with Gasteiger partial charge in [-0.15, -0.1) is 0 Å². The first kappa shape index (κ1) is 14.3. The number of carboxylic acid groups (broad SMARTS) is 1. The molecule has 2 amide bonds. The summed E-state index contributed by atoms with van der Waals surface area (Å²) in [6.45, 7) is 4.60. The molecule has 0 saturated heterocycles. The molecular weight excluding hydrogens is 256 g/mol. The predicted molar refractivity (Wildman–Crippen MR) is 70.1 cm³/mol. The number of rotatable bonds is 3. The lowest BCUT2D eigenvalue weighted by atomic mass is 10.1. The van der Waals surface area contributed by atoms with Gasteiger partial charge >= 0.3 is 12.0 Å². The van der Waals surface area contributed by atoms with E-state index >= 15 is 0 Å². The Balaban J connectivity index is 2.77. The summed E-state index contributed by atoms with van der Waals surface area (Å²) in [5.41, 5.74) is -0.0808. The molecule has 0 saturated carbocycles. The fourth-order valence-electron chi connectivity index (χ4n) is 1.23. The van der Waals surface area contributed by atoms with Crippen LogP contribution in [0.5, 0.6) is 0 Å². The van der Waals surface area contributed by atoms with Gasteiger partial charge in [-0.3, -0.25) is 0 Å². The van der Waals surface area contributed by atoms with Crippen LogP contribution in [0.15, 0.2) is 18.2 Å². The van der Waals surface area contributed by atoms with Crippen LogP contribution in [0.4, 0.5) is 10.5 Å². The molecule has 0 spiro atoms. The maximum absolute atomic E-state index is 11.7. The van der Waals surface area contributed by atoms with E-state index in [1.807, 2.05) is 13.0 Å². The number of hydrogen-bond acceptors (Lipinski definition) is 2. The first-order valence-electron chi connectivity index (χ1n) is 5.31. The smallest absolute Gasteiger partial charge is 0.328 e. The lowest BCUT2D eigenvalue weighted by Gasteiger charge is -2.21. The highest BCUT2D eigenvalue weighted by Gasteiger charge is 2.29. The predicted octanol–water partition coefficient (Wildman–Crippen LogP) is 2.63. The van der Waals surface area contributed by atoms with Gasteiger partial charge in [-0.2, -0.15) is 0 Å². The highest BCUT2D eigenvalue weighted by molar-refractivity contribution is 6.34. The summed E-state index contributed by atoms with van der Waals surface area (Å²) >= 11 is 6.01. The fraction of sp³-hybridized carbons (Fsp3) is 0.333. The minimum absolute atomic E-state index is 0.431. The Bertz CT molecular complexity index is 486. The summed E-state index contributed by atoms with van der Waals surface area (Å²) in [4.78, 5) is 22.5. The van der Waals surface area contributed by atoms with E-state index in [4.69, 9.17) is 16.7 Å². The second-order valence-electron chi connectivity index (χ2n) is 4.45. The van der Waals surface area contributed by atoms with Crippen LogP contribution < -0.4 is 10.6 Å². The molecule has 0 aliphatic heterocycles. The highest BCUT2D eigenvalue weighted by atomic mass is 35.5. The van der Waals surface area contributed by atoms with Crippen LogP contribution in [0, 0.1) is 6.92 Å². The van der Waals surface area contributed by atoms with Gasteiger partial charge in [-0.1, -0.05) is 23.7 Å². The van der Waals surface area contributed by atoms with E-state index in [-0.39, 0.29) is 0 Å². The van der Waals surface area contributed by atoms with Crippen LogP contribution in [0.1, 0.15) is 19.4 Å². The monoisotopic (exact) mass is 270 g/mol. The van der Waals surface area contributed by atoms with Crippen molar-refractivity contribution in [3.05, 3.63) is 28.8 Å². The molecule has 0 aromatic heterocycles. The van der Waals surface area contributed by atoms with Crippen LogP contribution in [0.25, 0.3) is 0 Å². The first-order chi connectivity index (χ1) is 8.24. The molecule has 0 fully saturated rings. The number of hydrogen-bond donors (Lipinski definition) is 3. The number of carbonyl (C=O) groups excluding carboxylic acids is 1. The lowest BCUT2D eigenvalue weighted by Crippen LogP contribution is -2.51. The van der Waals surface area contributed by atoms with Crippen molar-refractivity contribution < 1.29 is 14.7 Å². The van der Waals surface area contributed by atoms with Gasteiger partial charge in [-0.05, 0) is 32.4 Å². The third-order valence-corrected chi connectivity index (χ3v) is 2.90. The second-order valence-corrected chi connectivity index (χ2v) is 4.82. The second kappa shape index (κ2) is 5.27. The lowest BCUT2D eigenvalue weighted by molar-refractivity contribution is -0.142. The van der Waals surface area contributed by atoms with Crippen LogP contribution in [-0.2, 0) is 4.79 Å². The molecule has 0 aliphatic rings. The Morgan fingerprint density at radius 2 is 1.94 bits per heavy atom. The molecule has 0 atom stereocenters. The summed E-state index contributed by atoms with van der Waals surface area (Å²) in [5.74, 6) is -1.12. The summed E-state index contributed by atoms with van der Waals surface area (Å²) in [7, 11) is 0. The van der Waals surface area contributed by atoms with Crippen molar-refractivity contribution in [1.82, 2.24) is 5.32 Å². The van der Waals surface area contributed by atoms with Crippen molar-refractivity contribution in [2.75, 3.05) is 5.32 Å². The number of carboxylic acids is 1. The average molecular weight is 271 g/mol. The van der Waals surface area contributed by atoms with Crippen LogP contribution in [-0.4, -0.2) is 22.6 Å². The van der Waals surface area contributed by atoms with E-state index in [1.54, 1.807) is 12.1 Å². The van der Waals surface area contributed by atoms with Crippen molar-refractivity contribution in [2.24, 2.45) is 0 Å². The molecule has 0 bridgehead atoms. The molecule has 6 heteroatoms. The zero-order valence-electron chi connectivity index (χ0n) is 10.4. The van der Waals surface area contributed by atoms with E-state index in [9.17, 15) is 9.59 Å². The number of aryl methyl sites for hydroxylation is 1. The van der Waals surface area contributed by atoms with Crippen molar-refractivity contribution in [2.45, 2.75) is 26.3 Å². The molecule has 98 valence electrons. The Hall–Kier alpha value is -1.75. The molecular formula is C12H15ClN2O3. The quantitative estimate of drug-likeness (QED) is 0.790. The Morgan fingerprint density at radius 1 is 1.33 bits per heavy atom. The van der Waals surface area contributed by atoms with E-state index in [2.05, 4.69) is 10.6 Å². The number of benzene rings is 1. The van der Waals surface area contributed by atoms with Crippen LogP contribution in [0.3, 0.4) is 0 Å². The maximum atomic E-state index is 11.7. The van der Waals surface area contributed by atoms with Crippen molar-refractivity contribution >= 4 is 29.3 Å². The summed E-state index contributed by atoms with van der Waals surface area (Å²) in [6.07, 6.45) is 0. The topological polar surface area (TPSA) is 78.4 Å². The molecule has 0 aliphatic carbocycles. The molecule has 3 N–H and O–H groups in total. The number of carbonyl (C=O) groups is 2. The molecule has 0 radical (unpaired) electrons. The summed E-state index contributed by atoms with van der Waals surface area (Å²) < 4.78 is 0. The number of anilines is 1. The molecule has 1 aromatic carbocycles. The fourth-order valence-corrected chi connectivity index (χ4v) is 1.41. The Labute approximate surface area is 110 Å². The van der Waals surface area contributed by atoms with Crippen LogP contribution >= 0.6 is 11.6 Å². The molecule has 1 aromatic rings. The van der Waals surface area contributed by atoms with Gasteiger partial charge < -0.3 is 15.7 Å². The average Bonchev–Trinajstić information content (AvgIpc) is 2.23. The molecule has 5 nitrogen and oxygen atoms in total. The molecule has 0 heterocycles. The van der Waals surface area contributed by atoms with E-state index in [0.717, 1.165) is 5.56 Å². The number of nitrogens with one attached hydrogen (secondary N) is 2. The van der Waals surface area contributed by atoms with Crippen molar-refractivity contribution in [3.63, 3.8) is 0 Å². The number of amides is 2.